The summed E-state index contributed by atoms with van der Waals surface area (Å²) in [4.78, 5) is 71.8. The first-order chi connectivity index (χ1) is 28.8. The molecule has 316 valence electrons. The molecule has 2 fully saturated rings. The second kappa shape index (κ2) is 16.1. The summed E-state index contributed by atoms with van der Waals surface area (Å²) in [7, 11) is 2.76. The van der Waals surface area contributed by atoms with Crippen molar-refractivity contribution < 1.29 is 38.5 Å². The number of aromatic amines is 2. The van der Waals surface area contributed by atoms with Gasteiger partial charge in [0.1, 0.15) is 36.1 Å². The van der Waals surface area contributed by atoms with Gasteiger partial charge in [-0.1, -0.05) is 32.0 Å². The summed E-state index contributed by atoms with van der Waals surface area (Å²) in [5.41, 5.74) is 6.41. The van der Waals surface area contributed by atoms with Crippen LogP contribution < -0.4 is 15.4 Å². The largest absolute Gasteiger partial charge is 0.488 e. The van der Waals surface area contributed by atoms with Crippen molar-refractivity contribution in [2.24, 2.45) is 5.92 Å². The van der Waals surface area contributed by atoms with Gasteiger partial charge in [0, 0.05) is 30.1 Å². The Bertz CT molecular complexity index is 2480. The lowest BCUT2D eigenvalue weighted by Gasteiger charge is -2.33. The van der Waals surface area contributed by atoms with Crippen LogP contribution in [-0.2, 0) is 25.7 Å². The smallest absolute Gasteiger partial charge is 0.407 e. The number of carbonyl (C=O) groups is 4. The van der Waals surface area contributed by atoms with Gasteiger partial charge < -0.3 is 49.7 Å². The van der Waals surface area contributed by atoms with E-state index in [1.54, 1.807) is 22.9 Å². The van der Waals surface area contributed by atoms with Crippen LogP contribution in [0.4, 0.5) is 9.59 Å². The van der Waals surface area contributed by atoms with Gasteiger partial charge >= 0.3 is 12.2 Å². The second-order valence-electron chi connectivity index (χ2n) is 16.6. The monoisotopic (exact) mass is 820 g/mol. The van der Waals surface area contributed by atoms with Crippen LogP contribution >= 0.6 is 0 Å². The molecule has 5 N–H and O–H groups in total. The average Bonchev–Trinajstić information content (AvgIpc) is 4.06. The number of nitrogens with one attached hydrogen (secondary N) is 4. The first-order valence-electron chi connectivity index (χ1n) is 20.6. The summed E-state index contributed by atoms with van der Waals surface area (Å²) < 4.78 is 16.7. The van der Waals surface area contributed by atoms with Gasteiger partial charge in [-0.05, 0) is 98.7 Å². The summed E-state index contributed by atoms with van der Waals surface area (Å²) in [5, 5.41) is 16.4. The number of amides is 4. The van der Waals surface area contributed by atoms with Crippen molar-refractivity contribution >= 4 is 45.8 Å². The van der Waals surface area contributed by atoms with E-state index in [9.17, 15) is 24.3 Å². The van der Waals surface area contributed by atoms with Crippen molar-refractivity contribution in [3.8, 4) is 28.1 Å². The Balaban J connectivity index is 1.05. The molecule has 2 aromatic heterocycles. The number of alkyl carbamates (subject to hydrolysis) is 1. The van der Waals surface area contributed by atoms with Gasteiger partial charge in [0.2, 0.25) is 11.8 Å². The minimum atomic E-state index is -1.22. The molecule has 5 aromatic rings. The first kappa shape index (κ1) is 40.6. The number of aromatic nitrogens is 4. The average molecular weight is 821 g/mol. The highest BCUT2D eigenvalue weighted by molar-refractivity contribution is 6.07. The van der Waals surface area contributed by atoms with Gasteiger partial charge in [-0.15, -0.1) is 0 Å². The van der Waals surface area contributed by atoms with Crippen molar-refractivity contribution in [2.45, 2.75) is 109 Å². The van der Waals surface area contributed by atoms with Crippen molar-refractivity contribution in [3.63, 3.8) is 0 Å². The molecule has 0 saturated carbocycles. The van der Waals surface area contributed by atoms with E-state index in [0.717, 1.165) is 74.8 Å². The zero-order chi connectivity index (χ0) is 42.6. The van der Waals surface area contributed by atoms with Crippen LogP contribution in [0, 0.1) is 5.92 Å². The molecule has 16 heteroatoms. The Kier molecular flexibility index (Phi) is 10.9. The number of fused-ring (bicyclic) bond motifs is 6. The van der Waals surface area contributed by atoms with E-state index >= 15 is 0 Å². The van der Waals surface area contributed by atoms with Crippen LogP contribution in [0.25, 0.3) is 44.2 Å². The Morgan fingerprint density at radius 3 is 2.22 bits per heavy atom. The van der Waals surface area contributed by atoms with Crippen LogP contribution in [0.2, 0.25) is 0 Å². The maximum absolute atomic E-state index is 14.0. The van der Waals surface area contributed by atoms with Gasteiger partial charge in [0.15, 0.2) is 0 Å². The molecule has 7 atom stereocenters. The van der Waals surface area contributed by atoms with Crippen LogP contribution in [0.15, 0.2) is 48.7 Å². The van der Waals surface area contributed by atoms with E-state index < -0.39 is 30.4 Å². The third kappa shape index (κ3) is 7.26. The molecule has 4 amide bonds. The Morgan fingerprint density at radius 2 is 1.55 bits per heavy atom. The van der Waals surface area contributed by atoms with Crippen molar-refractivity contribution in [1.82, 2.24) is 40.4 Å². The van der Waals surface area contributed by atoms with Gasteiger partial charge in [-0.2, -0.15) is 0 Å². The molecule has 0 aliphatic carbocycles. The highest BCUT2D eigenvalue weighted by Gasteiger charge is 2.43. The number of likely N-dealkylation sites (tertiary alicyclic amines) is 2. The zero-order valence-corrected chi connectivity index (χ0v) is 34.9. The van der Waals surface area contributed by atoms with Crippen LogP contribution in [0.5, 0.6) is 5.75 Å². The molecule has 5 heterocycles. The molecule has 3 aliphatic rings. The number of H-pyrrole nitrogens is 2. The molecule has 1 unspecified atom stereocenters. The van der Waals surface area contributed by atoms with Crippen LogP contribution in [0.3, 0.4) is 0 Å². The minimum absolute atomic E-state index is 0.0604. The zero-order valence-electron chi connectivity index (χ0n) is 34.9. The molecule has 2 saturated heterocycles. The number of methoxy groups -OCH3 is 2. The Hall–Kier alpha value is -6.16. The highest BCUT2D eigenvalue weighted by atomic mass is 16.5. The quantitative estimate of drug-likeness (QED) is 0.0995. The standard InChI is InChI=1S/C44H52N8O8/c1-21(2)36(49-43(55)56)41(53)51-22(3)8-14-33(51)39-45-19-32(47-39)26-10-12-28-27(16-26)20-60-35-18-29-25(17-30(28)35)11-13-31-38(29)48-40(46-31)34-15-9-23(4)52(34)42(54)37(24(5)58-6)50-44(57)59-7/h10-13,16-19,21-24,33-34,36-37,49H,8-9,14-15,20H2,1-7H3,(H,45,47)(H,46,48)(H,50,57)(H,55,56)/t22?,23-,24+,33-,34-,36-,37-/m0/s1. The van der Waals surface area contributed by atoms with Crippen molar-refractivity contribution in [1.29, 1.82) is 0 Å². The number of ether oxygens (including phenoxy) is 3. The molecule has 0 radical (unpaired) electrons. The lowest BCUT2D eigenvalue weighted by Crippen LogP contribution is -2.55. The second-order valence-corrected chi connectivity index (χ2v) is 16.6. The number of benzene rings is 3. The van der Waals surface area contributed by atoms with Gasteiger partial charge in [0.05, 0.1) is 48.2 Å². The molecular weight excluding hydrogens is 769 g/mol. The fourth-order valence-corrected chi connectivity index (χ4v) is 9.20. The number of hydrogen-bond donors (Lipinski definition) is 5. The van der Waals surface area contributed by atoms with Gasteiger partial charge in [0.25, 0.3) is 0 Å². The fraction of sp³-hybridized carbons (Fsp3) is 0.455. The van der Waals surface area contributed by atoms with E-state index in [-0.39, 0.29) is 41.9 Å². The lowest BCUT2D eigenvalue weighted by molar-refractivity contribution is -0.139. The summed E-state index contributed by atoms with van der Waals surface area (Å²) in [6.07, 6.45) is 2.25. The number of rotatable bonds is 10. The molecule has 3 aliphatic heterocycles. The topological polar surface area (TPSA) is 204 Å². The number of hydrogen-bond acceptors (Lipinski definition) is 9. The molecule has 60 heavy (non-hydrogen) atoms. The number of nitrogens with zero attached hydrogens (tertiary/aromatic N) is 4. The predicted octanol–water partition coefficient (Wildman–Crippen LogP) is 6.82. The van der Waals surface area contributed by atoms with Gasteiger partial charge in [-0.3, -0.25) is 9.59 Å². The fourth-order valence-electron chi connectivity index (χ4n) is 9.20. The molecular formula is C44H52N8O8. The summed E-state index contributed by atoms with van der Waals surface area (Å²) in [6, 6.07) is 11.9. The third-order valence-electron chi connectivity index (χ3n) is 12.5. The number of imidazole rings is 2. The first-order valence-corrected chi connectivity index (χ1v) is 20.6. The van der Waals surface area contributed by atoms with Crippen LogP contribution in [-0.4, -0.2) is 103 Å². The lowest BCUT2D eigenvalue weighted by atomic mass is 9.92. The summed E-state index contributed by atoms with van der Waals surface area (Å²) in [6.45, 7) is 9.75. The SMILES string of the molecule is COC(=O)N[C@H](C(=O)N1[C@@H](C)CC[C@H]1c1nc2c(ccc3cc4c(cc32)OCc2cc(-c3cnc([C@@H]5CCC(C)N5C(=O)[C@@H](NC(=O)O)C(C)C)[nH]3)ccc2-4)[nH]1)[C@@H](C)OC. The summed E-state index contributed by atoms with van der Waals surface area (Å²) >= 11 is 0. The number of carboxylic acid groups (broad SMARTS) is 1. The molecule has 0 spiro atoms. The molecule has 16 nitrogen and oxygen atoms in total. The van der Waals surface area contributed by atoms with Crippen molar-refractivity contribution in [3.05, 3.63) is 65.9 Å². The van der Waals surface area contributed by atoms with Gasteiger partial charge in [-0.25, -0.2) is 19.6 Å². The Labute approximate surface area is 347 Å². The third-order valence-corrected chi connectivity index (χ3v) is 12.5. The molecule has 0 bridgehead atoms. The minimum Gasteiger partial charge on any atom is -0.488 e. The van der Waals surface area contributed by atoms with Crippen LogP contribution in [0.1, 0.15) is 89.6 Å². The molecule has 8 rings (SSSR count). The van der Waals surface area contributed by atoms with E-state index in [4.69, 9.17) is 24.2 Å². The summed E-state index contributed by atoms with van der Waals surface area (Å²) in [5.74, 6) is 1.37. The normalized spacial score (nSPS) is 21.3. The maximum Gasteiger partial charge on any atom is 0.407 e. The van der Waals surface area contributed by atoms with E-state index in [0.29, 0.717) is 24.7 Å². The van der Waals surface area contributed by atoms with E-state index in [2.05, 4.69) is 50.9 Å². The molecule has 3 aromatic carbocycles. The Morgan fingerprint density at radius 1 is 0.850 bits per heavy atom. The maximum atomic E-state index is 14.0. The van der Waals surface area contributed by atoms with E-state index in [1.807, 2.05) is 39.8 Å². The highest BCUT2D eigenvalue weighted by Crippen LogP contribution is 2.44. The van der Waals surface area contributed by atoms with Crippen molar-refractivity contribution in [2.75, 3.05) is 14.2 Å². The predicted molar refractivity (Wildman–Crippen MR) is 223 cm³/mol. The van der Waals surface area contributed by atoms with E-state index in [1.165, 1.54) is 14.2 Å². The number of carbonyl (C=O) groups excluding carboxylic acids is 3.